The Morgan fingerprint density at radius 2 is 1.71 bits per heavy atom. The lowest BCUT2D eigenvalue weighted by Crippen LogP contribution is -2.17. The zero-order valence-electron chi connectivity index (χ0n) is 14.4. The monoisotopic (exact) mass is 440 g/mol. The minimum absolute atomic E-state index is 0.0267. The highest BCUT2D eigenvalue weighted by atomic mass is 79.9. The van der Waals surface area contributed by atoms with E-state index in [9.17, 15) is 14.3 Å². The van der Waals surface area contributed by atoms with Gasteiger partial charge in [0.15, 0.2) is 0 Å². The van der Waals surface area contributed by atoms with Crippen LogP contribution in [0.3, 0.4) is 0 Å². The van der Waals surface area contributed by atoms with E-state index in [1.54, 1.807) is 12.1 Å². The maximum Gasteiger partial charge on any atom is 0.271 e. The molecule has 0 bridgehead atoms. The molecule has 0 aromatic heterocycles. The standard InChI is InChI=1S/C20H14BrFN4O2/c21-15-2-1-3-17(11-15)24-25-18-8-9-19(27)14(10-18)12-23-26-20(28)13-4-6-16(22)7-5-13/h1-12,27H,(H,26,28)/b23-12+,25-24?. The summed E-state index contributed by atoms with van der Waals surface area (Å²) in [5.41, 5.74) is 4.10. The topological polar surface area (TPSA) is 86.4 Å². The van der Waals surface area contributed by atoms with Crippen LogP contribution in [0, 0.1) is 5.82 Å². The average Bonchev–Trinajstić information content (AvgIpc) is 2.69. The molecule has 0 spiro atoms. The Morgan fingerprint density at radius 3 is 2.43 bits per heavy atom. The number of aromatic hydroxyl groups is 1. The Balaban J connectivity index is 1.70. The molecular weight excluding hydrogens is 427 g/mol. The smallest absolute Gasteiger partial charge is 0.271 e. The zero-order chi connectivity index (χ0) is 19.9. The van der Waals surface area contributed by atoms with E-state index in [1.165, 1.54) is 36.5 Å². The summed E-state index contributed by atoms with van der Waals surface area (Å²) in [6.45, 7) is 0. The van der Waals surface area contributed by atoms with Crippen LogP contribution in [-0.2, 0) is 0 Å². The van der Waals surface area contributed by atoms with Gasteiger partial charge in [-0.2, -0.15) is 15.3 Å². The maximum absolute atomic E-state index is 12.9. The molecule has 3 aromatic rings. The third-order valence-corrected chi connectivity index (χ3v) is 4.07. The highest BCUT2D eigenvalue weighted by molar-refractivity contribution is 9.10. The number of hydrazone groups is 1. The molecule has 140 valence electrons. The summed E-state index contributed by atoms with van der Waals surface area (Å²) in [6.07, 6.45) is 1.29. The normalized spacial score (nSPS) is 11.2. The van der Waals surface area contributed by atoms with Gasteiger partial charge in [0.05, 0.1) is 17.6 Å². The fraction of sp³-hybridized carbons (Fsp3) is 0. The molecular formula is C20H14BrFN4O2. The number of benzene rings is 3. The van der Waals surface area contributed by atoms with Crippen molar-refractivity contribution in [2.75, 3.05) is 0 Å². The predicted molar refractivity (Wildman–Crippen MR) is 108 cm³/mol. The van der Waals surface area contributed by atoms with Gasteiger partial charge in [-0.1, -0.05) is 22.0 Å². The molecule has 0 heterocycles. The quantitative estimate of drug-likeness (QED) is 0.312. The summed E-state index contributed by atoms with van der Waals surface area (Å²) in [5, 5.41) is 22.0. The molecule has 3 aromatic carbocycles. The van der Waals surface area contributed by atoms with Gasteiger partial charge in [-0.05, 0) is 60.7 Å². The van der Waals surface area contributed by atoms with Crippen LogP contribution >= 0.6 is 15.9 Å². The molecule has 6 nitrogen and oxygen atoms in total. The number of nitrogens with one attached hydrogen (secondary N) is 1. The molecule has 1 amide bonds. The predicted octanol–water partition coefficient (Wildman–Crippen LogP) is 5.47. The average molecular weight is 441 g/mol. The molecule has 0 fully saturated rings. The third kappa shape index (κ3) is 5.31. The highest BCUT2D eigenvalue weighted by Crippen LogP contribution is 2.25. The summed E-state index contributed by atoms with van der Waals surface area (Å²) in [7, 11) is 0. The number of rotatable bonds is 5. The first-order valence-electron chi connectivity index (χ1n) is 8.10. The first-order chi connectivity index (χ1) is 13.5. The van der Waals surface area contributed by atoms with E-state index in [0.717, 1.165) is 4.47 Å². The second kappa shape index (κ2) is 9.01. The molecule has 0 saturated heterocycles. The Morgan fingerprint density at radius 1 is 1.00 bits per heavy atom. The number of nitrogens with zero attached hydrogens (tertiary/aromatic N) is 3. The van der Waals surface area contributed by atoms with Gasteiger partial charge in [-0.15, -0.1) is 0 Å². The van der Waals surface area contributed by atoms with Gasteiger partial charge in [0, 0.05) is 15.6 Å². The number of azo groups is 1. The molecule has 3 rings (SSSR count). The van der Waals surface area contributed by atoms with Gasteiger partial charge in [0.1, 0.15) is 11.6 Å². The Kier molecular flexibility index (Phi) is 6.23. The van der Waals surface area contributed by atoms with Gasteiger partial charge in [-0.3, -0.25) is 4.79 Å². The Hall–Kier alpha value is -3.39. The van der Waals surface area contributed by atoms with Crippen molar-refractivity contribution < 1.29 is 14.3 Å². The van der Waals surface area contributed by atoms with Gasteiger partial charge in [-0.25, -0.2) is 9.82 Å². The summed E-state index contributed by atoms with van der Waals surface area (Å²) in [5.74, 6) is -0.957. The van der Waals surface area contributed by atoms with Gasteiger partial charge in [0.2, 0.25) is 0 Å². The minimum Gasteiger partial charge on any atom is -0.507 e. The van der Waals surface area contributed by atoms with Gasteiger partial charge < -0.3 is 5.11 Å². The summed E-state index contributed by atoms with van der Waals surface area (Å²) in [4.78, 5) is 11.9. The van der Waals surface area contributed by atoms with Crippen molar-refractivity contribution in [2.45, 2.75) is 0 Å². The number of carbonyl (C=O) groups excluding carboxylic acids is 1. The molecule has 0 aliphatic carbocycles. The third-order valence-electron chi connectivity index (χ3n) is 3.58. The van der Waals surface area contributed by atoms with Crippen molar-refractivity contribution in [3.8, 4) is 5.75 Å². The van der Waals surface area contributed by atoms with Gasteiger partial charge >= 0.3 is 0 Å². The number of phenolic OH excluding ortho intramolecular Hbond substituents is 1. The largest absolute Gasteiger partial charge is 0.507 e. The van der Waals surface area contributed by atoms with Crippen molar-refractivity contribution in [1.82, 2.24) is 5.43 Å². The van der Waals surface area contributed by atoms with Crippen molar-refractivity contribution in [3.63, 3.8) is 0 Å². The molecule has 28 heavy (non-hydrogen) atoms. The van der Waals surface area contributed by atoms with Crippen LogP contribution < -0.4 is 5.43 Å². The number of hydrogen-bond donors (Lipinski definition) is 2. The Bertz CT molecular complexity index is 1050. The van der Waals surface area contributed by atoms with Crippen LogP contribution in [0.4, 0.5) is 15.8 Å². The lowest BCUT2D eigenvalue weighted by Gasteiger charge is -2.02. The van der Waals surface area contributed by atoms with Crippen molar-refractivity contribution in [2.24, 2.45) is 15.3 Å². The fourth-order valence-corrected chi connectivity index (χ4v) is 2.57. The second-order valence-corrected chi connectivity index (χ2v) is 6.54. The van der Waals surface area contributed by atoms with Crippen LogP contribution in [-0.4, -0.2) is 17.2 Å². The van der Waals surface area contributed by atoms with E-state index in [-0.39, 0.29) is 11.3 Å². The van der Waals surface area contributed by atoms with Crippen molar-refractivity contribution >= 4 is 39.4 Å². The van der Waals surface area contributed by atoms with E-state index >= 15 is 0 Å². The van der Waals surface area contributed by atoms with Crippen LogP contribution in [0.25, 0.3) is 0 Å². The van der Waals surface area contributed by atoms with Crippen molar-refractivity contribution in [1.29, 1.82) is 0 Å². The summed E-state index contributed by atoms with van der Waals surface area (Å²) in [6, 6.07) is 17.1. The van der Waals surface area contributed by atoms with Crippen LogP contribution in [0.15, 0.2) is 86.5 Å². The molecule has 0 aliphatic heterocycles. The van der Waals surface area contributed by atoms with Crippen LogP contribution in [0.2, 0.25) is 0 Å². The molecule has 0 radical (unpaired) electrons. The number of amides is 1. The molecule has 0 saturated carbocycles. The number of hydrogen-bond acceptors (Lipinski definition) is 5. The van der Waals surface area contributed by atoms with E-state index < -0.39 is 11.7 Å². The molecule has 8 heteroatoms. The number of phenols is 1. The van der Waals surface area contributed by atoms with E-state index in [1.807, 2.05) is 24.3 Å². The number of carbonyl (C=O) groups is 1. The highest BCUT2D eigenvalue weighted by Gasteiger charge is 2.05. The van der Waals surface area contributed by atoms with E-state index in [0.29, 0.717) is 16.9 Å². The first kappa shape index (κ1) is 19.4. The molecule has 2 N–H and O–H groups in total. The van der Waals surface area contributed by atoms with Gasteiger partial charge in [0.25, 0.3) is 5.91 Å². The van der Waals surface area contributed by atoms with Crippen molar-refractivity contribution in [3.05, 3.63) is 88.1 Å². The lowest BCUT2D eigenvalue weighted by atomic mass is 10.2. The Labute approximate surface area is 168 Å². The molecule has 0 aliphatic rings. The van der Waals surface area contributed by atoms with E-state index in [2.05, 4.69) is 36.7 Å². The molecule has 0 unspecified atom stereocenters. The minimum atomic E-state index is -0.499. The summed E-state index contributed by atoms with van der Waals surface area (Å²) < 4.78 is 13.8. The second-order valence-electron chi connectivity index (χ2n) is 5.63. The fourth-order valence-electron chi connectivity index (χ4n) is 2.19. The first-order valence-corrected chi connectivity index (χ1v) is 8.90. The van der Waals surface area contributed by atoms with Crippen LogP contribution in [0.5, 0.6) is 5.75 Å². The summed E-state index contributed by atoms with van der Waals surface area (Å²) >= 11 is 3.36. The zero-order valence-corrected chi connectivity index (χ0v) is 16.0. The van der Waals surface area contributed by atoms with E-state index in [4.69, 9.17) is 0 Å². The maximum atomic E-state index is 12.9. The lowest BCUT2D eigenvalue weighted by molar-refractivity contribution is 0.0955. The molecule has 0 atom stereocenters. The number of halogens is 2. The van der Waals surface area contributed by atoms with Crippen LogP contribution in [0.1, 0.15) is 15.9 Å². The SMILES string of the molecule is O=C(N/N=C/c1cc(N=Nc2cccc(Br)c2)ccc1O)c1ccc(F)cc1.